The second kappa shape index (κ2) is 13.1. The Morgan fingerprint density at radius 2 is 1.12 bits per heavy atom. The van der Waals surface area contributed by atoms with Crippen molar-refractivity contribution in [2.45, 2.75) is 13.8 Å². The summed E-state index contributed by atoms with van der Waals surface area (Å²) in [7, 11) is 4.45. The summed E-state index contributed by atoms with van der Waals surface area (Å²) in [6.45, 7) is 3.37. The summed E-state index contributed by atoms with van der Waals surface area (Å²) in [4.78, 5) is 24.6. The van der Waals surface area contributed by atoms with E-state index in [1.165, 1.54) is 24.3 Å². The quantitative estimate of drug-likeness (QED) is 0.220. The molecule has 0 saturated heterocycles. The zero-order valence-corrected chi connectivity index (χ0v) is 20.1. The fraction of sp³-hybridized carbons (Fsp3) is 0.0870. The molecule has 0 spiro atoms. The van der Waals surface area contributed by atoms with Crippen LogP contribution in [0.3, 0.4) is 0 Å². The average Bonchev–Trinajstić information content (AvgIpc) is 2.87. The summed E-state index contributed by atoms with van der Waals surface area (Å²) in [6, 6.07) is 17.3. The summed E-state index contributed by atoms with van der Waals surface area (Å²) in [6.07, 6.45) is 0. The molecule has 0 bridgehead atoms. The van der Waals surface area contributed by atoms with Crippen molar-refractivity contribution in [1.82, 2.24) is 15.8 Å². The third kappa shape index (κ3) is 7.14. The van der Waals surface area contributed by atoms with Crippen molar-refractivity contribution in [3.8, 4) is 11.5 Å². The van der Waals surface area contributed by atoms with Crippen molar-refractivity contribution >= 4 is 33.3 Å². The van der Waals surface area contributed by atoms with Crippen LogP contribution in [0.15, 0.2) is 76.9 Å². The third-order valence-corrected chi connectivity index (χ3v) is 4.43. The molecule has 0 atom stereocenters. The van der Waals surface area contributed by atoms with Crippen LogP contribution in [0, 0.1) is 0 Å². The minimum atomic E-state index is -0.363. The summed E-state index contributed by atoms with van der Waals surface area (Å²) in [5.41, 5.74) is 7.06. The van der Waals surface area contributed by atoms with Crippen molar-refractivity contribution in [1.29, 1.82) is 0 Å². The van der Waals surface area contributed by atoms with Crippen LogP contribution in [-0.2, 0) is 15.1 Å². The van der Waals surface area contributed by atoms with E-state index < -0.39 is 0 Å². The van der Waals surface area contributed by atoms with Crippen molar-refractivity contribution < 1.29 is 34.9 Å². The molecule has 0 radical (unpaired) electrons. The number of pyridine rings is 1. The van der Waals surface area contributed by atoms with Crippen LogP contribution in [0.1, 0.15) is 36.4 Å². The van der Waals surface area contributed by atoms with Gasteiger partial charge in [0.05, 0.1) is 33.9 Å². The molecular weight excluding hydrogens is 501 g/mol. The summed E-state index contributed by atoms with van der Waals surface area (Å²) < 4.78 is 0. The summed E-state index contributed by atoms with van der Waals surface area (Å²) in [5.74, 6) is -1.38. The van der Waals surface area contributed by atoms with E-state index in [4.69, 9.17) is 0 Å². The van der Waals surface area contributed by atoms with Gasteiger partial charge < -0.3 is 10.2 Å². The van der Waals surface area contributed by atoms with Gasteiger partial charge >= 0.3 is 37.0 Å². The molecule has 4 N–H and O–H groups in total. The molecule has 2 aromatic carbocycles. The second-order valence-corrected chi connectivity index (χ2v) is 6.72. The Kier molecular flexibility index (Phi) is 10.2. The van der Waals surface area contributed by atoms with Gasteiger partial charge in [0, 0.05) is 0 Å². The van der Waals surface area contributed by atoms with E-state index >= 15 is 0 Å². The molecule has 0 fully saturated rings. The van der Waals surface area contributed by atoms with Gasteiger partial charge in [-0.15, -0.1) is 0 Å². The number of aromatic nitrogens is 1. The Balaban J connectivity index is 0.00000199. The molecule has 34 heavy (non-hydrogen) atoms. The van der Waals surface area contributed by atoms with Crippen LogP contribution in [0.2, 0.25) is 0 Å². The molecule has 9 nitrogen and oxygen atoms in total. The number of benzene rings is 2. The van der Waals surface area contributed by atoms with Crippen molar-refractivity contribution in [2.75, 3.05) is 0 Å². The first-order valence-electron chi connectivity index (χ1n) is 9.74. The fourth-order valence-electron chi connectivity index (χ4n) is 2.67. The van der Waals surface area contributed by atoms with Crippen LogP contribution in [0.5, 0.6) is 11.5 Å². The fourth-order valence-corrected chi connectivity index (χ4v) is 2.67. The van der Waals surface area contributed by atoms with Crippen LogP contribution < -0.4 is 21.1 Å². The molecule has 0 unspecified atom stereocenters. The van der Waals surface area contributed by atoms with E-state index in [0.717, 1.165) is 0 Å². The molecule has 0 saturated carbocycles. The molecule has 0 aliphatic rings. The molecule has 11 heteroatoms. The van der Waals surface area contributed by atoms with Gasteiger partial charge in [0.25, 0.3) is 0 Å². The Labute approximate surface area is 208 Å². The number of para-hydroxylation sites is 2. The number of hydrogen-bond donors (Lipinski definition) is 2. The Morgan fingerprint density at radius 3 is 1.50 bits per heavy atom. The first kappa shape index (κ1) is 26.5. The van der Waals surface area contributed by atoms with Gasteiger partial charge in [-0.2, -0.15) is 21.1 Å². The zero-order valence-electron chi connectivity index (χ0n) is 18.2. The molecule has 0 aliphatic carbocycles. The minimum absolute atomic E-state index is 0.107. The van der Waals surface area contributed by atoms with Gasteiger partial charge in [-0.25, -0.2) is 4.98 Å². The van der Waals surface area contributed by atoms with E-state index in [0.29, 0.717) is 22.8 Å². The van der Waals surface area contributed by atoms with Crippen molar-refractivity contribution in [3.63, 3.8) is 0 Å². The molecule has 3 aromatic rings. The molecule has 3 rings (SSSR count). The van der Waals surface area contributed by atoms with Gasteiger partial charge in [-0.3, -0.25) is 9.59 Å². The van der Waals surface area contributed by atoms with Crippen LogP contribution in [0.25, 0.3) is 0 Å². The third-order valence-electron chi connectivity index (χ3n) is 4.43. The number of carbonyl (C=O) groups excluding carboxylic acids is 2. The first-order chi connectivity index (χ1) is 16.4. The Hall–Kier alpha value is -3.72. The monoisotopic (exact) mass is 521 g/mol. The predicted octanol–water partition coefficient (Wildman–Crippen LogP) is 1.64. The number of hydrogen-bond acceptors (Lipinski definition) is 5. The number of nitrogens with zero attached hydrogens (tertiary/aromatic N) is 3. The number of rotatable bonds is 6. The Morgan fingerprint density at radius 1 is 0.735 bits per heavy atom. The maximum absolute atomic E-state index is 11.8. The van der Waals surface area contributed by atoms with Crippen LogP contribution >= 0.6 is 10.1 Å². The molecule has 2 amide bonds. The van der Waals surface area contributed by atoms with E-state index in [-0.39, 0.29) is 34.4 Å². The Bertz CT molecular complexity index is 1140. The van der Waals surface area contributed by atoms with Gasteiger partial charge in [0.1, 0.15) is 0 Å². The van der Waals surface area contributed by atoms with Gasteiger partial charge in [0.15, 0.2) is 0 Å². The summed E-state index contributed by atoms with van der Waals surface area (Å²) in [5, 5.41) is 31.7. The zero-order chi connectivity index (χ0) is 25.1. The van der Waals surface area contributed by atoms with Crippen molar-refractivity contribution in [3.05, 3.63) is 89.2 Å². The first-order valence-corrected chi connectivity index (χ1v) is 11.4. The number of halogens is 1. The molecule has 1 heterocycles. The molecule has 0 aliphatic heterocycles. The molecule has 1 aromatic heterocycles. The van der Waals surface area contributed by atoms with E-state index in [1.807, 2.05) is 0 Å². The van der Waals surface area contributed by atoms with E-state index in [2.05, 4.69) is 51.2 Å². The number of hydrazone groups is 2. The standard InChI is InChI=1S/C23H21N5O4.ClH.Mn/c1-14(25-27-22(31)16-8-3-5-12-20(16)29)18-10-7-11-19(24-18)15(2)26-28-23(32)17-9-4-6-13-21(17)30;;/h3-13,29-30H,1-2H3,(H,27,31)(H,28,32);1H;/q;;+2/p-1. The predicted molar refractivity (Wildman–Crippen MR) is 125 cm³/mol. The molecular formula is C23H21ClMnN5O4+. The van der Waals surface area contributed by atoms with Gasteiger partial charge in [0.2, 0.25) is 0 Å². The van der Waals surface area contributed by atoms with Crippen molar-refractivity contribution in [2.24, 2.45) is 10.2 Å². The normalized spacial score (nSPS) is 11.1. The van der Waals surface area contributed by atoms with Crippen LogP contribution in [-0.4, -0.2) is 37.8 Å². The average molecular weight is 522 g/mol. The molecule has 175 valence electrons. The van der Waals surface area contributed by atoms with E-state index in [1.54, 1.807) is 56.3 Å². The number of nitrogens with one attached hydrogen (secondary N) is 2. The van der Waals surface area contributed by atoms with Gasteiger partial charge in [-0.05, 0) is 38.1 Å². The second-order valence-electron chi connectivity index (χ2n) is 6.72. The SMILES string of the molecule is CC(=NNC(=[OH+])c1ccccc1[O-])c1cccc(C(C)=NNC(=[OH+])c2ccccc2[O-])n1.[Cl][Mn+]. The van der Waals surface area contributed by atoms with Crippen LogP contribution in [0.4, 0.5) is 0 Å². The topological polar surface area (TPSA) is 151 Å². The van der Waals surface area contributed by atoms with Gasteiger partial charge in [-0.1, -0.05) is 54.0 Å². The number of amides is 2. The summed E-state index contributed by atoms with van der Waals surface area (Å²) >= 11 is 2.41. The van der Waals surface area contributed by atoms with E-state index in [9.17, 15) is 19.8 Å². The maximum atomic E-state index is 11.8.